The molecule has 2 aliphatic rings. The Morgan fingerprint density at radius 3 is 2.27 bits per heavy atom. The van der Waals surface area contributed by atoms with E-state index in [1.807, 2.05) is 36.4 Å². The van der Waals surface area contributed by atoms with E-state index in [1.165, 1.54) is 4.31 Å². The Labute approximate surface area is 221 Å². The number of rotatable bonds is 7. The first-order valence-corrected chi connectivity index (χ1v) is 15.0. The summed E-state index contributed by atoms with van der Waals surface area (Å²) in [5.74, 6) is -1.53. The van der Waals surface area contributed by atoms with Crippen molar-refractivity contribution in [3.63, 3.8) is 0 Å². The number of sulfonamides is 1. The Morgan fingerprint density at radius 1 is 0.973 bits per heavy atom. The molecule has 1 saturated heterocycles. The van der Waals surface area contributed by atoms with Gasteiger partial charge in [-0.15, -0.1) is 11.3 Å². The van der Waals surface area contributed by atoms with Crippen LogP contribution < -0.4 is 4.90 Å². The zero-order valence-corrected chi connectivity index (χ0v) is 22.1. The number of thiophene rings is 1. The Balaban J connectivity index is 1.52. The van der Waals surface area contributed by atoms with Gasteiger partial charge >= 0.3 is 5.97 Å². The minimum absolute atomic E-state index is 0.105. The number of benzene rings is 2. The van der Waals surface area contributed by atoms with Crippen molar-refractivity contribution in [2.75, 3.05) is 18.0 Å². The third-order valence-electron chi connectivity index (χ3n) is 7.31. The van der Waals surface area contributed by atoms with Gasteiger partial charge in [-0.3, -0.25) is 4.79 Å². The molecule has 0 spiro atoms. The lowest BCUT2D eigenvalue weighted by atomic mass is 9.82. The number of nitrogens with zero attached hydrogens (tertiary/aromatic N) is 2. The van der Waals surface area contributed by atoms with Crippen LogP contribution in [0.2, 0.25) is 0 Å². The molecule has 9 heteroatoms. The summed E-state index contributed by atoms with van der Waals surface area (Å²) in [5, 5.41) is 10.1. The smallest absolute Gasteiger partial charge is 0.348 e. The fraction of sp³-hybridized carbons (Fsp3) is 0.357. The largest absolute Gasteiger partial charge is 0.477 e. The highest BCUT2D eigenvalue weighted by atomic mass is 32.2. The maximum Gasteiger partial charge on any atom is 0.348 e. The molecule has 1 saturated carbocycles. The zero-order valence-electron chi connectivity index (χ0n) is 20.5. The molecule has 0 bridgehead atoms. The van der Waals surface area contributed by atoms with Crippen molar-refractivity contribution in [3.05, 3.63) is 77.2 Å². The van der Waals surface area contributed by atoms with Crippen molar-refractivity contribution >= 4 is 38.9 Å². The Hall–Kier alpha value is -3.01. The second-order valence-electron chi connectivity index (χ2n) is 9.76. The number of carbonyl (C=O) groups is 2. The van der Waals surface area contributed by atoms with Crippen LogP contribution in [0.3, 0.4) is 0 Å². The average molecular weight is 539 g/mol. The van der Waals surface area contributed by atoms with Crippen molar-refractivity contribution in [1.29, 1.82) is 0 Å². The molecular formula is C28H30N2O5S2. The normalized spacial score (nSPS) is 19.7. The minimum atomic E-state index is -3.74. The predicted octanol–water partition coefficient (Wildman–Crippen LogP) is 5.24. The van der Waals surface area contributed by atoms with E-state index in [2.05, 4.69) is 0 Å². The SMILES string of the molecule is O=C(O)c1sc(-c2ccccc2)cc1N1C(=O)CN(S(=O)(=O)Cc2ccccc2)CC1C1CCCCC1. The van der Waals surface area contributed by atoms with Gasteiger partial charge in [-0.25, -0.2) is 13.2 Å². The first kappa shape index (κ1) is 25.6. The number of amides is 1. The zero-order chi connectivity index (χ0) is 26.0. The lowest BCUT2D eigenvalue weighted by molar-refractivity contribution is -0.121. The fourth-order valence-corrected chi connectivity index (χ4v) is 7.98. The van der Waals surface area contributed by atoms with Crippen molar-refractivity contribution in [2.24, 2.45) is 5.92 Å². The van der Waals surface area contributed by atoms with E-state index < -0.39 is 22.0 Å². The lowest BCUT2D eigenvalue weighted by Crippen LogP contribution is -2.60. The molecule has 2 heterocycles. The molecule has 37 heavy (non-hydrogen) atoms. The van der Waals surface area contributed by atoms with Crippen molar-refractivity contribution < 1.29 is 23.1 Å². The van der Waals surface area contributed by atoms with Gasteiger partial charge < -0.3 is 10.0 Å². The highest BCUT2D eigenvalue weighted by Crippen LogP contribution is 2.41. The number of carbonyl (C=O) groups excluding carboxylic acids is 1. The summed E-state index contributed by atoms with van der Waals surface area (Å²) in [7, 11) is -3.74. The van der Waals surface area contributed by atoms with E-state index in [1.54, 1.807) is 35.2 Å². The molecule has 7 nitrogen and oxygen atoms in total. The second kappa shape index (κ2) is 10.8. The highest BCUT2D eigenvalue weighted by molar-refractivity contribution is 7.88. The molecule has 5 rings (SSSR count). The average Bonchev–Trinajstić information content (AvgIpc) is 3.35. The summed E-state index contributed by atoms with van der Waals surface area (Å²) in [6, 6.07) is 19.8. The number of piperazine rings is 1. The number of carboxylic acids is 1. The van der Waals surface area contributed by atoms with Crippen LogP contribution in [0.5, 0.6) is 0 Å². The van der Waals surface area contributed by atoms with Crippen LogP contribution in [0.4, 0.5) is 5.69 Å². The molecule has 2 fully saturated rings. The van der Waals surface area contributed by atoms with Crippen LogP contribution in [0, 0.1) is 5.92 Å². The molecule has 1 N–H and O–H groups in total. The molecule has 1 aromatic heterocycles. The Kier molecular flexibility index (Phi) is 7.46. The van der Waals surface area contributed by atoms with Gasteiger partial charge in [0.05, 0.1) is 24.0 Å². The first-order chi connectivity index (χ1) is 17.8. The topological polar surface area (TPSA) is 95.0 Å². The number of hydrogen-bond donors (Lipinski definition) is 1. The van der Waals surface area contributed by atoms with Gasteiger partial charge in [0.25, 0.3) is 0 Å². The number of anilines is 1. The van der Waals surface area contributed by atoms with Crippen LogP contribution in [0.15, 0.2) is 66.7 Å². The summed E-state index contributed by atoms with van der Waals surface area (Å²) < 4.78 is 28.1. The summed E-state index contributed by atoms with van der Waals surface area (Å²) in [5.41, 5.74) is 1.93. The van der Waals surface area contributed by atoms with E-state index in [4.69, 9.17) is 0 Å². The summed E-state index contributed by atoms with van der Waals surface area (Å²) in [4.78, 5) is 28.5. The van der Waals surface area contributed by atoms with E-state index >= 15 is 0 Å². The van der Waals surface area contributed by atoms with Crippen molar-refractivity contribution in [3.8, 4) is 10.4 Å². The van der Waals surface area contributed by atoms with E-state index in [9.17, 15) is 23.1 Å². The molecule has 3 aromatic rings. The molecule has 1 aliphatic carbocycles. The molecular weight excluding hydrogens is 508 g/mol. The van der Waals surface area contributed by atoms with Gasteiger partial charge in [-0.05, 0) is 36.0 Å². The molecule has 0 radical (unpaired) electrons. The molecule has 1 amide bonds. The summed E-state index contributed by atoms with van der Waals surface area (Å²) >= 11 is 1.15. The van der Waals surface area contributed by atoms with Gasteiger partial charge in [-0.1, -0.05) is 79.9 Å². The summed E-state index contributed by atoms with van der Waals surface area (Å²) in [6.45, 7) is -0.130. The van der Waals surface area contributed by atoms with Gasteiger partial charge in [-0.2, -0.15) is 4.31 Å². The summed E-state index contributed by atoms with van der Waals surface area (Å²) in [6.07, 6.45) is 4.93. The van der Waals surface area contributed by atoms with E-state index in [0.717, 1.165) is 53.9 Å². The van der Waals surface area contributed by atoms with E-state index in [-0.39, 0.29) is 35.5 Å². The van der Waals surface area contributed by atoms with Crippen molar-refractivity contribution in [1.82, 2.24) is 4.31 Å². The molecule has 2 aromatic carbocycles. The third kappa shape index (κ3) is 5.49. The first-order valence-electron chi connectivity index (χ1n) is 12.6. The van der Waals surface area contributed by atoms with Crippen molar-refractivity contribution in [2.45, 2.75) is 43.9 Å². The van der Waals surface area contributed by atoms with Crippen LogP contribution >= 0.6 is 11.3 Å². The number of carboxylic acid groups (broad SMARTS) is 1. The van der Waals surface area contributed by atoms with E-state index in [0.29, 0.717) is 11.3 Å². The van der Waals surface area contributed by atoms with Crippen LogP contribution in [0.25, 0.3) is 10.4 Å². The van der Waals surface area contributed by atoms with Gasteiger partial charge in [0.15, 0.2) is 0 Å². The highest BCUT2D eigenvalue weighted by Gasteiger charge is 2.43. The number of hydrogen-bond acceptors (Lipinski definition) is 5. The molecule has 1 unspecified atom stereocenters. The van der Waals surface area contributed by atoms with Crippen LogP contribution in [0.1, 0.15) is 47.3 Å². The second-order valence-corrected chi connectivity index (χ2v) is 12.8. The molecule has 1 aliphatic heterocycles. The fourth-order valence-electron chi connectivity index (χ4n) is 5.50. The van der Waals surface area contributed by atoms with Gasteiger partial charge in [0.2, 0.25) is 15.9 Å². The van der Waals surface area contributed by atoms with Gasteiger partial charge in [0.1, 0.15) is 4.88 Å². The van der Waals surface area contributed by atoms with Gasteiger partial charge in [0, 0.05) is 11.4 Å². The third-order valence-corrected chi connectivity index (χ3v) is 10.2. The standard InChI is InChI=1S/C28H30N2O5S2/c31-26-18-29(37(34,35)19-20-10-4-1-5-11-20)17-24(21-12-6-2-7-13-21)30(26)23-16-25(36-27(23)28(32)33)22-14-8-3-9-15-22/h1,3-5,8-11,14-16,21,24H,2,6-7,12-13,17-19H2,(H,32,33). The molecule has 1 atom stereocenters. The Bertz CT molecular complexity index is 1370. The van der Waals surface area contributed by atoms with Crippen LogP contribution in [-0.4, -0.2) is 48.8 Å². The maximum atomic E-state index is 13.7. The lowest BCUT2D eigenvalue weighted by Gasteiger charge is -2.45. The monoisotopic (exact) mass is 538 g/mol. The molecule has 194 valence electrons. The number of aromatic carboxylic acids is 1. The Morgan fingerprint density at radius 2 is 1.62 bits per heavy atom. The van der Waals surface area contributed by atoms with Crippen LogP contribution in [-0.2, 0) is 20.6 Å². The maximum absolute atomic E-state index is 13.7. The quantitative estimate of drug-likeness (QED) is 0.444. The predicted molar refractivity (Wildman–Crippen MR) is 145 cm³/mol. The minimum Gasteiger partial charge on any atom is -0.477 e.